The molecule has 3 rings (SSSR count). The van der Waals surface area contributed by atoms with E-state index in [1.165, 1.54) is 26.4 Å². The number of benzene rings is 2. The highest BCUT2D eigenvalue weighted by molar-refractivity contribution is 6.07. The monoisotopic (exact) mass is 405 g/mol. The maximum Gasteiger partial charge on any atom is 0.286 e. The van der Waals surface area contributed by atoms with E-state index in [9.17, 15) is 19.3 Å². The molecule has 0 atom stereocenters. The molecule has 0 saturated carbocycles. The standard InChI is InChI=1S/C19H20FN3O6/c1-27-17-10-13(16(23(25)26)11-18(17)28-2)19(24)21-12-3-4-15(14(20)9-12)22-5-7-29-8-6-22/h3-4,9-11H,5-8H2,1-2H3,(H,21,24). The fourth-order valence-corrected chi connectivity index (χ4v) is 3.04. The summed E-state index contributed by atoms with van der Waals surface area (Å²) in [5.74, 6) is -0.989. The van der Waals surface area contributed by atoms with E-state index < -0.39 is 22.3 Å². The van der Waals surface area contributed by atoms with Gasteiger partial charge in [-0.3, -0.25) is 14.9 Å². The quantitative estimate of drug-likeness (QED) is 0.582. The van der Waals surface area contributed by atoms with Gasteiger partial charge in [-0.05, 0) is 18.2 Å². The fraction of sp³-hybridized carbons (Fsp3) is 0.316. The summed E-state index contributed by atoms with van der Waals surface area (Å²) in [6.45, 7) is 2.17. The molecule has 1 saturated heterocycles. The lowest BCUT2D eigenvalue weighted by Gasteiger charge is -2.29. The number of hydrogen-bond acceptors (Lipinski definition) is 7. The first-order valence-electron chi connectivity index (χ1n) is 8.78. The number of ether oxygens (including phenoxy) is 3. The molecule has 0 unspecified atom stereocenters. The lowest BCUT2D eigenvalue weighted by atomic mass is 10.1. The number of halogens is 1. The summed E-state index contributed by atoms with van der Waals surface area (Å²) < 4.78 is 29.9. The van der Waals surface area contributed by atoms with Gasteiger partial charge in [-0.25, -0.2) is 4.39 Å². The van der Waals surface area contributed by atoms with E-state index >= 15 is 0 Å². The van der Waals surface area contributed by atoms with E-state index in [2.05, 4.69) is 5.32 Å². The minimum Gasteiger partial charge on any atom is -0.493 e. The van der Waals surface area contributed by atoms with Crippen LogP contribution in [-0.2, 0) is 4.74 Å². The zero-order chi connectivity index (χ0) is 21.0. The van der Waals surface area contributed by atoms with E-state index in [0.717, 1.165) is 6.07 Å². The topological polar surface area (TPSA) is 103 Å². The molecule has 0 spiro atoms. The van der Waals surface area contributed by atoms with Gasteiger partial charge in [-0.2, -0.15) is 0 Å². The van der Waals surface area contributed by atoms with Gasteiger partial charge < -0.3 is 24.4 Å². The number of carbonyl (C=O) groups excluding carboxylic acids is 1. The van der Waals surface area contributed by atoms with Crippen molar-refractivity contribution in [3.8, 4) is 11.5 Å². The Labute approximate surface area is 166 Å². The molecule has 29 heavy (non-hydrogen) atoms. The van der Waals surface area contributed by atoms with Crippen LogP contribution >= 0.6 is 0 Å². The molecule has 1 aliphatic rings. The van der Waals surface area contributed by atoms with Crippen molar-refractivity contribution < 1.29 is 28.3 Å². The Morgan fingerprint density at radius 3 is 2.41 bits per heavy atom. The van der Waals surface area contributed by atoms with E-state index in [0.29, 0.717) is 32.0 Å². The van der Waals surface area contributed by atoms with Gasteiger partial charge in [0, 0.05) is 24.8 Å². The van der Waals surface area contributed by atoms with Crippen LogP contribution < -0.4 is 19.7 Å². The number of rotatable bonds is 6. The van der Waals surface area contributed by atoms with E-state index in [1.54, 1.807) is 12.1 Å². The summed E-state index contributed by atoms with van der Waals surface area (Å²) in [4.78, 5) is 25.2. The van der Waals surface area contributed by atoms with Gasteiger partial charge in [0.1, 0.15) is 11.4 Å². The van der Waals surface area contributed by atoms with Crippen molar-refractivity contribution in [2.45, 2.75) is 0 Å². The Morgan fingerprint density at radius 1 is 1.17 bits per heavy atom. The summed E-state index contributed by atoms with van der Waals surface area (Å²) in [5.41, 5.74) is -0.104. The van der Waals surface area contributed by atoms with Crippen molar-refractivity contribution in [3.05, 3.63) is 51.8 Å². The Balaban J connectivity index is 1.86. The minimum absolute atomic E-state index is 0.122. The van der Waals surface area contributed by atoms with Crippen molar-refractivity contribution >= 4 is 23.0 Å². The van der Waals surface area contributed by atoms with Crippen LogP contribution in [0.1, 0.15) is 10.4 Å². The third-order valence-corrected chi connectivity index (χ3v) is 4.50. The Kier molecular flexibility index (Phi) is 6.13. The van der Waals surface area contributed by atoms with Gasteiger partial charge >= 0.3 is 0 Å². The number of methoxy groups -OCH3 is 2. The highest BCUT2D eigenvalue weighted by Crippen LogP contribution is 2.35. The normalized spacial score (nSPS) is 13.7. The minimum atomic E-state index is -0.767. The average molecular weight is 405 g/mol. The summed E-state index contributed by atoms with van der Waals surface area (Å²) in [6, 6.07) is 6.59. The number of morpholine rings is 1. The number of amides is 1. The molecule has 1 fully saturated rings. The second-order valence-electron chi connectivity index (χ2n) is 6.20. The predicted octanol–water partition coefficient (Wildman–Crippen LogP) is 2.84. The molecule has 0 aliphatic carbocycles. The molecule has 2 aromatic rings. The van der Waals surface area contributed by atoms with Crippen molar-refractivity contribution in [2.24, 2.45) is 0 Å². The molecule has 2 aromatic carbocycles. The maximum atomic E-state index is 14.5. The first kappa shape index (κ1) is 20.3. The molecule has 0 radical (unpaired) electrons. The Bertz CT molecular complexity index is 930. The molecule has 0 aromatic heterocycles. The SMILES string of the molecule is COc1cc(C(=O)Nc2ccc(N3CCOCC3)c(F)c2)c([N+](=O)[O-])cc1OC. The molecule has 9 nitrogen and oxygen atoms in total. The van der Waals surface area contributed by atoms with Gasteiger partial charge in [-0.1, -0.05) is 0 Å². The molecule has 154 valence electrons. The smallest absolute Gasteiger partial charge is 0.286 e. The summed E-state index contributed by atoms with van der Waals surface area (Å²) >= 11 is 0. The molecule has 10 heteroatoms. The molecule has 0 bridgehead atoms. The number of hydrogen-bond donors (Lipinski definition) is 1. The lowest BCUT2D eigenvalue weighted by molar-refractivity contribution is -0.385. The summed E-state index contributed by atoms with van der Waals surface area (Å²) in [6.07, 6.45) is 0. The van der Waals surface area contributed by atoms with Crippen LogP contribution in [0.4, 0.5) is 21.5 Å². The predicted molar refractivity (Wildman–Crippen MR) is 104 cm³/mol. The third kappa shape index (κ3) is 4.37. The van der Waals surface area contributed by atoms with Crippen LogP contribution in [0.25, 0.3) is 0 Å². The number of anilines is 2. The maximum absolute atomic E-state index is 14.5. The number of carbonyl (C=O) groups is 1. The van der Waals surface area contributed by atoms with Crippen LogP contribution in [0, 0.1) is 15.9 Å². The number of nitrogens with zero attached hydrogens (tertiary/aromatic N) is 2. The highest BCUT2D eigenvalue weighted by Gasteiger charge is 2.25. The molecule has 1 aliphatic heterocycles. The molecule has 1 N–H and O–H groups in total. The van der Waals surface area contributed by atoms with E-state index in [4.69, 9.17) is 14.2 Å². The lowest BCUT2D eigenvalue weighted by Crippen LogP contribution is -2.36. The molecular weight excluding hydrogens is 385 g/mol. The van der Waals surface area contributed by atoms with Gasteiger partial charge in [-0.15, -0.1) is 0 Å². The number of nitro benzene ring substituents is 1. The second-order valence-corrected chi connectivity index (χ2v) is 6.20. The summed E-state index contributed by atoms with van der Waals surface area (Å²) in [5, 5.41) is 13.9. The Morgan fingerprint density at radius 2 is 1.83 bits per heavy atom. The average Bonchev–Trinajstić information content (AvgIpc) is 2.73. The largest absolute Gasteiger partial charge is 0.493 e. The fourth-order valence-electron chi connectivity index (χ4n) is 3.04. The van der Waals surface area contributed by atoms with Crippen molar-refractivity contribution in [1.82, 2.24) is 0 Å². The van der Waals surface area contributed by atoms with Gasteiger partial charge in [0.05, 0.1) is 44.1 Å². The summed E-state index contributed by atoms with van der Waals surface area (Å²) in [7, 11) is 2.69. The van der Waals surface area contributed by atoms with Gasteiger partial charge in [0.25, 0.3) is 11.6 Å². The van der Waals surface area contributed by atoms with Crippen LogP contribution in [0.15, 0.2) is 30.3 Å². The second kappa shape index (κ2) is 8.74. The van der Waals surface area contributed by atoms with Crippen LogP contribution in [0.3, 0.4) is 0 Å². The molecule has 1 heterocycles. The zero-order valence-electron chi connectivity index (χ0n) is 15.9. The third-order valence-electron chi connectivity index (χ3n) is 4.50. The number of nitrogens with one attached hydrogen (secondary N) is 1. The molecule has 1 amide bonds. The van der Waals surface area contributed by atoms with Gasteiger partial charge in [0.2, 0.25) is 0 Å². The first-order valence-corrected chi connectivity index (χ1v) is 8.78. The highest BCUT2D eigenvalue weighted by atomic mass is 19.1. The van der Waals surface area contributed by atoms with Crippen LogP contribution in [-0.4, -0.2) is 51.4 Å². The van der Waals surface area contributed by atoms with E-state index in [1.807, 2.05) is 4.90 Å². The van der Waals surface area contributed by atoms with E-state index in [-0.39, 0.29) is 22.7 Å². The number of nitro groups is 1. The van der Waals surface area contributed by atoms with Crippen molar-refractivity contribution in [1.29, 1.82) is 0 Å². The van der Waals surface area contributed by atoms with Crippen molar-refractivity contribution in [3.63, 3.8) is 0 Å². The molecular formula is C19H20FN3O6. The van der Waals surface area contributed by atoms with Crippen LogP contribution in [0.2, 0.25) is 0 Å². The van der Waals surface area contributed by atoms with Gasteiger partial charge in [0.15, 0.2) is 11.5 Å². The first-order chi connectivity index (χ1) is 13.9. The van der Waals surface area contributed by atoms with Crippen LogP contribution in [0.5, 0.6) is 11.5 Å². The zero-order valence-corrected chi connectivity index (χ0v) is 15.9. The van der Waals surface area contributed by atoms with Crippen molar-refractivity contribution in [2.75, 3.05) is 50.7 Å². The Hall–Kier alpha value is -3.40.